The normalized spacial score (nSPS) is 10.5. The van der Waals surface area contributed by atoms with Gasteiger partial charge in [0.1, 0.15) is 0 Å². The standard InChI is InChI=1S/C14H19N3O2S/c1-3-4-9-15-14(20)17(2)16-10-11-5-7-12(8-6-11)13(18)19/h5-8,10H,3-4,9H2,1-2H3,(H,15,20)(H,18,19)/b16-10-. The number of carboxylic acid groups (broad SMARTS) is 1. The zero-order valence-corrected chi connectivity index (χ0v) is 12.5. The van der Waals surface area contributed by atoms with E-state index in [2.05, 4.69) is 17.3 Å². The number of carboxylic acids is 1. The van der Waals surface area contributed by atoms with E-state index in [4.69, 9.17) is 17.3 Å². The van der Waals surface area contributed by atoms with E-state index in [9.17, 15) is 4.79 Å². The van der Waals surface area contributed by atoms with Crippen molar-refractivity contribution in [3.8, 4) is 0 Å². The van der Waals surface area contributed by atoms with E-state index in [1.54, 1.807) is 42.5 Å². The van der Waals surface area contributed by atoms with Gasteiger partial charge in [0.05, 0.1) is 11.8 Å². The maximum absolute atomic E-state index is 10.7. The zero-order chi connectivity index (χ0) is 15.0. The van der Waals surface area contributed by atoms with Gasteiger partial charge in [-0.05, 0) is 36.3 Å². The van der Waals surface area contributed by atoms with E-state index in [-0.39, 0.29) is 5.56 Å². The van der Waals surface area contributed by atoms with Crippen molar-refractivity contribution in [1.29, 1.82) is 0 Å². The molecule has 0 fully saturated rings. The van der Waals surface area contributed by atoms with E-state index < -0.39 is 5.97 Å². The first-order valence-corrected chi connectivity index (χ1v) is 6.84. The summed E-state index contributed by atoms with van der Waals surface area (Å²) in [6.07, 6.45) is 3.81. The second kappa shape index (κ2) is 8.27. The molecule has 0 saturated carbocycles. The third-order valence-corrected chi connectivity index (χ3v) is 3.05. The predicted molar refractivity (Wildman–Crippen MR) is 84.3 cm³/mol. The highest BCUT2D eigenvalue weighted by Crippen LogP contribution is 2.02. The Balaban J connectivity index is 2.53. The fourth-order valence-electron chi connectivity index (χ4n) is 1.40. The Labute approximate surface area is 124 Å². The summed E-state index contributed by atoms with van der Waals surface area (Å²) < 4.78 is 0. The lowest BCUT2D eigenvalue weighted by Crippen LogP contribution is -2.34. The minimum atomic E-state index is -0.938. The van der Waals surface area contributed by atoms with Crippen molar-refractivity contribution in [3.05, 3.63) is 35.4 Å². The molecule has 2 N–H and O–H groups in total. The molecule has 0 bridgehead atoms. The van der Waals surface area contributed by atoms with Gasteiger partial charge in [-0.1, -0.05) is 25.5 Å². The summed E-state index contributed by atoms with van der Waals surface area (Å²) in [5.74, 6) is -0.938. The molecule has 1 aromatic carbocycles. The minimum absolute atomic E-state index is 0.257. The molecule has 0 radical (unpaired) electrons. The third kappa shape index (κ3) is 5.36. The summed E-state index contributed by atoms with van der Waals surface area (Å²) in [4.78, 5) is 10.7. The number of hydrazone groups is 1. The lowest BCUT2D eigenvalue weighted by molar-refractivity contribution is 0.0697. The van der Waals surface area contributed by atoms with E-state index >= 15 is 0 Å². The largest absolute Gasteiger partial charge is 0.478 e. The number of rotatable bonds is 6. The molecule has 0 amide bonds. The summed E-state index contributed by atoms with van der Waals surface area (Å²) in [5, 5.41) is 18.3. The van der Waals surface area contributed by atoms with Crippen LogP contribution in [0, 0.1) is 0 Å². The van der Waals surface area contributed by atoms with Gasteiger partial charge in [-0.2, -0.15) is 5.10 Å². The molecule has 0 heterocycles. The van der Waals surface area contributed by atoms with Gasteiger partial charge < -0.3 is 10.4 Å². The average molecular weight is 293 g/mol. The highest BCUT2D eigenvalue weighted by Gasteiger charge is 2.02. The minimum Gasteiger partial charge on any atom is -0.478 e. The van der Waals surface area contributed by atoms with Crippen molar-refractivity contribution in [2.75, 3.05) is 13.6 Å². The van der Waals surface area contributed by atoms with Crippen LogP contribution in [0.25, 0.3) is 0 Å². The molecule has 0 spiro atoms. The van der Waals surface area contributed by atoms with E-state index in [0.29, 0.717) is 5.11 Å². The molecule has 20 heavy (non-hydrogen) atoms. The summed E-state index contributed by atoms with van der Waals surface area (Å²) in [6, 6.07) is 6.49. The Kier molecular flexibility index (Phi) is 6.66. The first kappa shape index (κ1) is 16.1. The molecular formula is C14H19N3O2S. The van der Waals surface area contributed by atoms with Crippen molar-refractivity contribution >= 4 is 29.5 Å². The lowest BCUT2D eigenvalue weighted by atomic mass is 10.1. The van der Waals surface area contributed by atoms with Crippen LogP contribution in [-0.4, -0.2) is 41.0 Å². The van der Waals surface area contributed by atoms with Crippen molar-refractivity contribution < 1.29 is 9.90 Å². The molecule has 0 saturated heterocycles. The van der Waals surface area contributed by atoms with Crippen LogP contribution in [0.2, 0.25) is 0 Å². The fraction of sp³-hybridized carbons (Fsp3) is 0.357. The van der Waals surface area contributed by atoms with Crippen LogP contribution in [0.15, 0.2) is 29.4 Å². The molecule has 1 aromatic rings. The van der Waals surface area contributed by atoms with Crippen LogP contribution in [-0.2, 0) is 0 Å². The summed E-state index contributed by atoms with van der Waals surface area (Å²) in [6.45, 7) is 2.95. The van der Waals surface area contributed by atoms with Gasteiger partial charge in [0, 0.05) is 13.6 Å². The maximum Gasteiger partial charge on any atom is 0.335 e. The molecule has 1 rings (SSSR count). The molecule has 6 heteroatoms. The van der Waals surface area contributed by atoms with Gasteiger partial charge in [0.15, 0.2) is 5.11 Å². The molecule has 0 unspecified atom stereocenters. The molecule has 0 aliphatic heterocycles. The molecule has 0 aromatic heterocycles. The number of hydrogen-bond acceptors (Lipinski definition) is 3. The number of benzene rings is 1. The van der Waals surface area contributed by atoms with E-state index in [0.717, 1.165) is 24.9 Å². The van der Waals surface area contributed by atoms with Gasteiger partial charge >= 0.3 is 5.97 Å². The van der Waals surface area contributed by atoms with Crippen molar-refractivity contribution in [1.82, 2.24) is 10.3 Å². The number of unbranched alkanes of at least 4 members (excludes halogenated alkanes) is 1. The van der Waals surface area contributed by atoms with Crippen LogP contribution in [0.4, 0.5) is 0 Å². The second-order valence-electron chi connectivity index (χ2n) is 4.28. The van der Waals surface area contributed by atoms with E-state index in [1.807, 2.05) is 0 Å². The van der Waals surface area contributed by atoms with Crippen LogP contribution < -0.4 is 5.32 Å². The van der Waals surface area contributed by atoms with E-state index in [1.165, 1.54) is 0 Å². The Morgan fingerprint density at radius 3 is 2.65 bits per heavy atom. The van der Waals surface area contributed by atoms with Crippen LogP contribution in [0.1, 0.15) is 35.7 Å². The third-order valence-electron chi connectivity index (χ3n) is 2.64. The second-order valence-corrected chi connectivity index (χ2v) is 4.67. The molecule has 5 nitrogen and oxygen atoms in total. The zero-order valence-electron chi connectivity index (χ0n) is 11.7. The van der Waals surface area contributed by atoms with Crippen LogP contribution in [0.5, 0.6) is 0 Å². The number of carbonyl (C=O) groups is 1. The maximum atomic E-state index is 10.7. The molecule has 0 atom stereocenters. The number of hydrogen-bond donors (Lipinski definition) is 2. The Hall–Kier alpha value is -1.95. The van der Waals surface area contributed by atoms with Gasteiger partial charge in [-0.25, -0.2) is 9.80 Å². The Morgan fingerprint density at radius 2 is 2.10 bits per heavy atom. The lowest BCUT2D eigenvalue weighted by Gasteiger charge is -2.15. The molecule has 108 valence electrons. The number of thiocarbonyl (C=S) groups is 1. The number of aromatic carboxylic acids is 1. The monoisotopic (exact) mass is 293 g/mol. The molecule has 0 aliphatic carbocycles. The highest BCUT2D eigenvalue weighted by atomic mass is 32.1. The summed E-state index contributed by atoms with van der Waals surface area (Å²) in [7, 11) is 1.77. The van der Waals surface area contributed by atoms with Gasteiger partial charge in [-0.15, -0.1) is 0 Å². The number of nitrogens with zero attached hydrogens (tertiary/aromatic N) is 2. The van der Waals surface area contributed by atoms with Gasteiger partial charge in [0.2, 0.25) is 0 Å². The highest BCUT2D eigenvalue weighted by molar-refractivity contribution is 7.80. The first-order valence-electron chi connectivity index (χ1n) is 6.43. The topological polar surface area (TPSA) is 64.9 Å². The Morgan fingerprint density at radius 1 is 1.45 bits per heavy atom. The van der Waals surface area contributed by atoms with Crippen LogP contribution in [0.3, 0.4) is 0 Å². The first-order chi connectivity index (χ1) is 9.54. The molecular weight excluding hydrogens is 274 g/mol. The van der Waals surface area contributed by atoms with Crippen LogP contribution >= 0.6 is 12.2 Å². The smallest absolute Gasteiger partial charge is 0.335 e. The SMILES string of the molecule is CCCCNC(=S)N(C)/N=C\c1ccc(C(=O)O)cc1. The quantitative estimate of drug-likeness (QED) is 0.365. The average Bonchev–Trinajstić information content (AvgIpc) is 2.45. The summed E-state index contributed by atoms with van der Waals surface area (Å²) >= 11 is 5.18. The fourth-order valence-corrected chi connectivity index (χ4v) is 1.55. The van der Waals surface area contributed by atoms with Gasteiger partial charge in [-0.3, -0.25) is 0 Å². The molecule has 0 aliphatic rings. The summed E-state index contributed by atoms with van der Waals surface area (Å²) in [5.41, 5.74) is 1.07. The van der Waals surface area contributed by atoms with Crippen molar-refractivity contribution in [3.63, 3.8) is 0 Å². The van der Waals surface area contributed by atoms with Gasteiger partial charge in [0.25, 0.3) is 0 Å². The Bertz CT molecular complexity index is 486. The van der Waals surface area contributed by atoms with Crippen molar-refractivity contribution in [2.45, 2.75) is 19.8 Å². The predicted octanol–water partition coefficient (Wildman–Crippen LogP) is 2.33. The van der Waals surface area contributed by atoms with Crippen molar-refractivity contribution in [2.24, 2.45) is 5.10 Å². The number of nitrogens with one attached hydrogen (secondary N) is 1.